The molecule has 2 rings (SSSR count). The standard InChI is InChI=1S/C17H18N2O3/c1-22-17(21)13-7-9-14(10-8-13)18-12-11-16(20)19-15-5-3-2-4-6-15/h2-10,18H,11-12H2,1H3,(H,19,20). The van der Waals surface area contributed by atoms with E-state index in [0.717, 1.165) is 11.4 Å². The molecule has 2 aromatic carbocycles. The van der Waals surface area contributed by atoms with Crippen LogP contribution in [0, 0.1) is 0 Å². The maximum atomic E-state index is 11.8. The van der Waals surface area contributed by atoms with E-state index in [1.807, 2.05) is 30.3 Å². The first-order chi connectivity index (χ1) is 10.7. The van der Waals surface area contributed by atoms with E-state index in [-0.39, 0.29) is 11.9 Å². The number of esters is 1. The minimum Gasteiger partial charge on any atom is -0.465 e. The molecule has 0 radical (unpaired) electrons. The Kier molecular flexibility index (Phi) is 5.54. The van der Waals surface area contributed by atoms with Crippen LogP contribution in [-0.4, -0.2) is 25.5 Å². The van der Waals surface area contributed by atoms with Crippen LogP contribution in [0.5, 0.6) is 0 Å². The summed E-state index contributed by atoms with van der Waals surface area (Å²) in [5.74, 6) is -0.418. The van der Waals surface area contributed by atoms with Crippen LogP contribution in [0.2, 0.25) is 0 Å². The van der Waals surface area contributed by atoms with Crippen LogP contribution >= 0.6 is 0 Å². The molecule has 0 saturated carbocycles. The van der Waals surface area contributed by atoms with Gasteiger partial charge in [0.05, 0.1) is 12.7 Å². The molecule has 0 aromatic heterocycles. The topological polar surface area (TPSA) is 67.4 Å². The van der Waals surface area contributed by atoms with Gasteiger partial charge in [-0.3, -0.25) is 4.79 Å². The van der Waals surface area contributed by atoms with Gasteiger partial charge in [-0.2, -0.15) is 0 Å². The summed E-state index contributed by atoms with van der Waals surface area (Å²) in [6.07, 6.45) is 0.355. The molecule has 0 unspecified atom stereocenters. The Hall–Kier alpha value is -2.82. The van der Waals surface area contributed by atoms with Crippen molar-refractivity contribution in [2.24, 2.45) is 0 Å². The number of methoxy groups -OCH3 is 1. The average molecular weight is 298 g/mol. The Balaban J connectivity index is 1.76. The number of amides is 1. The van der Waals surface area contributed by atoms with Gasteiger partial charge in [-0.15, -0.1) is 0 Å². The molecule has 0 spiro atoms. The molecule has 0 atom stereocenters. The monoisotopic (exact) mass is 298 g/mol. The first-order valence-corrected chi connectivity index (χ1v) is 6.96. The first-order valence-electron chi connectivity index (χ1n) is 6.96. The van der Waals surface area contributed by atoms with E-state index in [9.17, 15) is 9.59 Å². The van der Waals surface area contributed by atoms with Crippen molar-refractivity contribution in [2.75, 3.05) is 24.3 Å². The van der Waals surface area contributed by atoms with Crippen molar-refractivity contribution in [3.05, 3.63) is 60.2 Å². The zero-order valence-electron chi connectivity index (χ0n) is 12.3. The highest BCUT2D eigenvalue weighted by Gasteiger charge is 2.05. The van der Waals surface area contributed by atoms with E-state index in [1.54, 1.807) is 24.3 Å². The number of carbonyl (C=O) groups is 2. The predicted octanol–water partition coefficient (Wildman–Crippen LogP) is 2.91. The molecule has 0 heterocycles. The fraction of sp³-hybridized carbons (Fsp3) is 0.176. The van der Waals surface area contributed by atoms with E-state index in [0.29, 0.717) is 18.5 Å². The zero-order valence-corrected chi connectivity index (χ0v) is 12.3. The number of hydrogen-bond donors (Lipinski definition) is 2. The van der Waals surface area contributed by atoms with Crippen molar-refractivity contribution in [3.8, 4) is 0 Å². The lowest BCUT2D eigenvalue weighted by molar-refractivity contribution is -0.115. The summed E-state index contributed by atoms with van der Waals surface area (Å²) in [5, 5.41) is 5.95. The second-order valence-corrected chi connectivity index (χ2v) is 4.66. The summed E-state index contributed by atoms with van der Waals surface area (Å²) >= 11 is 0. The maximum absolute atomic E-state index is 11.8. The number of rotatable bonds is 6. The third kappa shape index (κ3) is 4.63. The van der Waals surface area contributed by atoms with Crippen LogP contribution < -0.4 is 10.6 Å². The summed E-state index contributed by atoms with van der Waals surface area (Å²) in [6, 6.07) is 16.2. The van der Waals surface area contributed by atoms with E-state index < -0.39 is 0 Å². The molecule has 5 heteroatoms. The number of para-hydroxylation sites is 1. The third-order valence-corrected chi connectivity index (χ3v) is 3.04. The van der Waals surface area contributed by atoms with Crippen molar-refractivity contribution in [1.82, 2.24) is 0 Å². The third-order valence-electron chi connectivity index (χ3n) is 3.04. The van der Waals surface area contributed by atoms with Crippen LogP contribution in [0.25, 0.3) is 0 Å². The van der Waals surface area contributed by atoms with Gasteiger partial charge in [0.2, 0.25) is 5.91 Å². The number of carbonyl (C=O) groups excluding carboxylic acids is 2. The van der Waals surface area contributed by atoms with E-state index in [4.69, 9.17) is 0 Å². The largest absolute Gasteiger partial charge is 0.465 e. The lowest BCUT2D eigenvalue weighted by atomic mass is 10.2. The molecule has 114 valence electrons. The molecule has 0 aliphatic rings. The maximum Gasteiger partial charge on any atom is 0.337 e. The molecule has 2 aromatic rings. The fourth-order valence-corrected chi connectivity index (χ4v) is 1.91. The number of anilines is 2. The molecule has 5 nitrogen and oxygen atoms in total. The van der Waals surface area contributed by atoms with Gasteiger partial charge in [-0.05, 0) is 36.4 Å². The van der Waals surface area contributed by atoms with Crippen molar-refractivity contribution in [2.45, 2.75) is 6.42 Å². The van der Waals surface area contributed by atoms with Crippen LogP contribution in [-0.2, 0) is 9.53 Å². The van der Waals surface area contributed by atoms with Gasteiger partial charge in [0.15, 0.2) is 0 Å². The molecule has 22 heavy (non-hydrogen) atoms. The lowest BCUT2D eigenvalue weighted by Crippen LogP contribution is -2.16. The van der Waals surface area contributed by atoms with Gasteiger partial charge < -0.3 is 15.4 Å². The molecular formula is C17H18N2O3. The Morgan fingerprint density at radius 1 is 0.955 bits per heavy atom. The summed E-state index contributed by atoms with van der Waals surface area (Å²) < 4.78 is 4.63. The molecule has 2 N–H and O–H groups in total. The summed E-state index contributed by atoms with van der Waals surface area (Å²) in [5.41, 5.74) is 2.13. The van der Waals surface area contributed by atoms with E-state index in [2.05, 4.69) is 15.4 Å². The molecule has 0 aliphatic carbocycles. The Bertz CT molecular complexity index is 624. The van der Waals surface area contributed by atoms with Crippen molar-refractivity contribution >= 4 is 23.3 Å². The second kappa shape index (κ2) is 7.83. The number of ether oxygens (including phenoxy) is 1. The highest BCUT2D eigenvalue weighted by atomic mass is 16.5. The Morgan fingerprint density at radius 2 is 1.64 bits per heavy atom. The fourth-order valence-electron chi connectivity index (χ4n) is 1.91. The normalized spacial score (nSPS) is 9.86. The minimum absolute atomic E-state index is 0.0510. The average Bonchev–Trinajstić information content (AvgIpc) is 2.55. The quantitative estimate of drug-likeness (QED) is 0.805. The van der Waals surface area contributed by atoms with Crippen molar-refractivity contribution < 1.29 is 14.3 Å². The Labute approximate surface area is 129 Å². The number of hydrogen-bond acceptors (Lipinski definition) is 4. The summed E-state index contributed by atoms with van der Waals surface area (Å²) in [6.45, 7) is 0.510. The zero-order chi connectivity index (χ0) is 15.8. The predicted molar refractivity (Wildman–Crippen MR) is 86.0 cm³/mol. The number of nitrogens with one attached hydrogen (secondary N) is 2. The summed E-state index contributed by atoms with van der Waals surface area (Å²) in [7, 11) is 1.35. The van der Waals surface area contributed by atoms with Gasteiger partial charge >= 0.3 is 5.97 Å². The number of benzene rings is 2. The lowest BCUT2D eigenvalue weighted by Gasteiger charge is -2.08. The van der Waals surface area contributed by atoms with Crippen molar-refractivity contribution in [1.29, 1.82) is 0 Å². The van der Waals surface area contributed by atoms with Gasteiger partial charge in [-0.1, -0.05) is 18.2 Å². The highest BCUT2D eigenvalue weighted by Crippen LogP contribution is 2.10. The van der Waals surface area contributed by atoms with E-state index in [1.165, 1.54) is 7.11 Å². The highest BCUT2D eigenvalue weighted by molar-refractivity contribution is 5.91. The molecule has 0 fully saturated rings. The van der Waals surface area contributed by atoms with Gasteiger partial charge in [-0.25, -0.2) is 4.79 Å². The van der Waals surface area contributed by atoms with Gasteiger partial charge in [0, 0.05) is 24.3 Å². The van der Waals surface area contributed by atoms with E-state index >= 15 is 0 Å². The molecule has 0 bridgehead atoms. The molecule has 1 amide bonds. The van der Waals surface area contributed by atoms with Gasteiger partial charge in [0.25, 0.3) is 0 Å². The van der Waals surface area contributed by atoms with Crippen LogP contribution in [0.1, 0.15) is 16.8 Å². The van der Waals surface area contributed by atoms with Crippen LogP contribution in [0.3, 0.4) is 0 Å². The molecule has 0 aliphatic heterocycles. The SMILES string of the molecule is COC(=O)c1ccc(NCCC(=O)Nc2ccccc2)cc1. The smallest absolute Gasteiger partial charge is 0.337 e. The second-order valence-electron chi connectivity index (χ2n) is 4.66. The minimum atomic E-state index is -0.367. The Morgan fingerprint density at radius 3 is 2.27 bits per heavy atom. The molecule has 0 saturated heterocycles. The molecular weight excluding hydrogens is 280 g/mol. The van der Waals surface area contributed by atoms with Crippen LogP contribution in [0.4, 0.5) is 11.4 Å². The van der Waals surface area contributed by atoms with Crippen LogP contribution in [0.15, 0.2) is 54.6 Å². The van der Waals surface area contributed by atoms with Gasteiger partial charge in [0.1, 0.15) is 0 Å². The first kappa shape index (κ1) is 15.6. The summed E-state index contributed by atoms with van der Waals surface area (Å²) in [4.78, 5) is 23.1. The van der Waals surface area contributed by atoms with Crippen molar-refractivity contribution in [3.63, 3.8) is 0 Å².